The van der Waals surface area contributed by atoms with Gasteiger partial charge in [-0.3, -0.25) is 4.79 Å². The summed E-state index contributed by atoms with van der Waals surface area (Å²) >= 11 is 0. The minimum atomic E-state index is -0.377. The smallest absolute Gasteiger partial charge is 0.220 e. The summed E-state index contributed by atoms with van der Waals surface area (Å²) < 4.78 is 19.1. The van der Waals surface area contributed by atoms with E-state index < -0.39 is 0 Å². The van der Waals surface area contributed by atoms with E-state index in [1.165, 1.54) is 6.07 Å². The number of nitrogens with one attached hydrogen (secondary N) is 3. The molecule has 0 aromatic heterocycles. The number of amides is 1. The molecule has 1 amide bonds. The monoisotopic (exact) mass is 464 g/mol. The van der Waals surface area contributed by atoms with Crippen LogP contribution >= 0.6 is 24.0 Å². The molecule has 140 valence electrons. The lowest BCUT2D eigenvalue weighted by Gasteiger charge is -2.25. The Bertz CT molecular complexity index is 588. The third-order valence-electron chi connectivity index (χ3n) is 3.67. The fraction of sp³-hybridized carbons (Fsp3) is 0.529. The largest absolute Gasteiger partial charge is 0.491 e. The average molecular weight is 464 g/mol. The molecule has 1 aromatic rings. The number of rotatable bonds is 6. The second-order valence-electron chi connectivity index (χ2n) is 5.58. The van der Waals surface area contributed by atoms with E-state index in [2.05, 4.69) is 20.9 Å². The Morgan fingerprint density at radius 2 is 2.24 bits per heavy atom. The first-order valence-electron chi connectivity index (χ1n) is 8.35. The average Bonchev–Trinajstić information content (AvgIpc) is 2.57. The van der Waals surface area contributed by atoms with Crippen LogP contribution in [0.25, 0.3) is 0 Å². The number of hydrogen-bond acceptors (Lipinski definition) is 3. The molecule has 1 unspecified atom stereocenters. The van der Waals surface area contributed by atoms with Gasteiger partial charge in [0.2, 0.25) is 5.91 Å². The van der Waals surface area contributed by atoms with Crippen molar-refractivity contribution in [2.75, 3.05) is 19.7 Å². The van der Waals surface area contributed by atoms with Crippen molar-refractivity contribution in [1.29, 1.82) is 0 Å². The van der Waals surface area contributed by atoms with Crippen molar-refractivity contribution in [3.8, 4) is 5.75 Å². The van der Waals surface area contributed by atoms with Crippen LogP contribution in [0.2, 0.25) is 0 Å². The van der Waals surface area contributed by atoms with Crippen LogP contribution in [0.15, 0.2) is 23.2 Å². The molecular weight excluding hydrogens is 438 g/mol. The highest BCUT2D eigenvalue weighted by Crippen LogP contribution is 2.18. The van der Waals surface area contributed by atoms with E-state index in [1.54, 1.807) is 6.07 Å². The summed E-state index contributed by atoms with van der Waals surface area (Å²) in [5, 5.41) is 9.30. The summed E-state index contributed by atoms with van der Waals surface area (Å²) in [6.45, 7) is 5.90. The third-order valence-corrected chi connectivity index (χ3v) is 3.67. The Morgan fingerprint density at radius 1 is 1.44 bits per heavy atom. The number of ether oxygens (including phenoxy) is 1. The van der Waals surface area contributed by atoms with E-state index in [0.717, 1.165) is 18.5 Å². The number of piperidine rings is 1. The number of guanidine groups is 1. The Kier molecular flexibility index (Phi) is 9.54. The lowest BCUT2D eigenvalue weighted by atomic mass is 10.1. The van der Waals surface area contributed by atoms with Crippen LogP contribution in [0, 0.1) is 5.82 Å². The highest BCUT2D eigenvalue weighted by atomic mass is 127. The van der Waals surface area contributed by atoms with Gasteiger partial charge in [0.15, 0.2) is 17.5 Å². The van der Waals surface area contributed by atoms with Gasteiger partial charge in [-0.15, -0.1) is 24.0 Å². The Labute approximate surface area is 165 Å². The molecule has 1 aliphatic heterocycles. The summed E-state index contributed by atoms with van der Waals surface area (Å²) in [5.74, 6) is 0.624. The van der Waals surface area contributed by atoms with Crippen LogP contribution < -0.4 is 20.7 Å². The van der Waals surface area contributed by atoms with Crippen LogP contribution in [-0.4, -0.2) is 37.6 Å². The van der Waals surface area contributed by atoms with Crippen molar-refractivity contribution in [2.24, 2.45) is 4.99 Å². The number of nitrogens with zero attached hydrogens (tertiary/aromatic N) is 1. The lowest BCUT2D eigenvalue weighted by molar-refractivity contribution is -0.122. The summed E-state index contributed by atoms with van der Waals surface area (Å²) in [6.07, 6.45) is 1.29. The van der Waals surface area contributed by atoms with Crippen molar-refractivity contribution in [3.63, 3.8) is 0 Å². The van der Waals surface area contributed by atoms with Crippen molar-refractivity contribution in [1.82, 2.24) is 16.0 Å². The van der Waals surface area contributed by atoms with Crippen LogP contribution in [-0.2, 0) is 11.3 Å². The molecule has 1 aliphatic rings. The molecule has 1 saturated heterocycles. The van der Waals surface area contributed by atoms with Gasteiger partial charge in [-0.2, -0.15) is 0 Å². The molecule has 25 heavy (non-hydrogen) atoms. The van der Waals surface area contributed by atoms with Crippen molar-refractivity contribution in [2.45, 2.75) is 39.3 Å². The maximum atomic E-state index is 13.9. The quantitative estimate of drug-likeness (QED) is 0.343. The summed E-state index contributed by atoms with van der Waals surface area (Å²) in [6, 6.07) is 5.03. The summed E-state index contributed by atoms with van der Waals surface area (Å²) in [5.41, 5.74) is 0.769. The lowest BCUT2D eigenvalue weighted by Crippen LogP contribution is -2.51. The standard InChI is InChI=1S/C17H25FN4O2.HI/c1-3-19-17(22-13-6-8-16(23)20-11-13)21-10-12-5-7-15(24-4-2)14(18)9-12;/h5,7,9,13H,3-4,6,8,10-11H2,1-2H3,(H,20,23)(H2,19,21,22);1H. The van der Waals surface area contributed by atoms with Crippen molar-refractivity contribution in [3.05, 3.63) is 29.6 Å². The fourth-order valence-corrected chi connectivity index (χ4v) is 2.45. The number of benzene rings is 1. The first-order valence-corrected chi connectivity index (χ1v) is 8.35. The second-order valence-corrected chi connectivity index (χ2v) is 5.58. The normalized spacial score (nSPS) is 17.3. The maximum Gasteiger partial charge on any atom is 0.220 e. The highest BCUT2D eigenvalue weighted by molar-refractivity contribution is 14.0. The summed E-state index contributed by atoms with van der Waals surface area (Å²) in [4.78, 5) is 15.7. The summed E-state index contributed by atoms with van der Waals surface area (Å²) in [7, 11) is 0. The number of hydrogen-bond donors (Lipinski definition) is 3. The van der Waals surface area contributed by atoms with Gasteiger partial charge >= 0.3 is 0 Å². The first kappa shape index (κ1) is 21.5. The van der Waals surface area contributed by atoms with Gasteiger partial charge in [0.1, 0.15) is 0 Å². The van der Waals surface area contributed by atoms with Crippen LogP contribution in [0.1, 0.15) is 32.3 Å². The molecule has 1 fully saturated rings. The Morgan fingerprint density at radius 3 is 2.84 bits per heavy atom. The van der Waals surface area contributed by atoms with E-state index in [0.29, 0.717) is 32.1 Å². The highest BCUT2D eigenvalue weighted by Gasteiger charge is 2.18. The molecule has 0 saturated carbocycles. The van der Waals surface area contributed by atoms with Crippen LogP contribution in [0.4, 0.5) is 4.39 Å². The predicted octanol–water partition coefficient (Wildman–Crippen LogP) is 2.18. The number of aliphatic imine (C=N–C) groups is 1. The van der Waals surface area contributed by atoms with Gasteiger partial charge < -0.3 is 20.7 Å². The van der Waals surface area contributed by atoms with Crippen LogP contribution in [0.5, 0.6) is 5.75 Å². The SMILES string of the molecule is CCNC(=NCc1ccc(OCC)c(F)c1)NC1CCC(=O)NC1.I. The topological polar surface area (TPSA) is 74.8 Å². The van der Waals surface area contributed by atoms with Crippen molar-refractivity contribution >= 4 is 35.8 Å². The van der Waals surface area contributed by atoms with Gasteiger partial charge in [-0.1, -0.05) is 6.07 Å². The van der Waals surface area contributed by atoms with Crippen molar-refractivity contribution < 1.29 is 13.9 Å². The molecule has 0 spiro atoms. The molecule has 0 radical (unpaired) electrons. The van der Waals surface area contributed by atoms with Crippen LogP contribution in [0.3, 0.4) is 0 Å². The van der Waals surface area contributed by atoms with E-state index in [9.17, 15) is 9.18 Å². The molecule has 6 nitrogen and oxygen atoms in total. The second kappa shape index (κ2) is 11.1. The minimum absolute atomic E-state index is 0. The molecule has 8 heteroatoms. The number of halogens is 2. The zero-order valence-electron chi connectivity index (χ0n) is 14.6. The molecule has 3 N–H and O–H groups in total. The van der Waals surface area contributed by atoms with Gasteiger partial charge in [0.25, 0.3) is 0 Å². The fourth-order valence-electron chi connectivity index (χ4n) is 2.45. The van der Waals surface area contributed by atoms with E-state index in [4.69, 9.17) is 4.74 Å². The maximum absolute atomic E-state index is 13.9. The zero-order valence-corrected chi connectivity index (χ0v) is 16.9. The van der Waals surface area contributed by atoms with Gasteiger partial charge in [0.05, 0.1) is 13.2 Å². The van der Waals surface area contributed by atoms with E-state index in [1.807, 2.05) is 19.9 Å². The van der Waals surface area contributed by atoms with E-state index in [-0.39, 0.29) is 47.5 Å². The first-order chi connectivity index (χ1) is 11.6. The molecule has 0 aliphatic carbocycles. The van der Waals surface area contributed by atoms with Gasteiger partial charge in [0, 0.05) is 25.6 Å². The van der Waals surface area contributed by atoms with Gasteiger partial charge in [-0.25, -0.2) is 9.38 Å². The molecule has 1 aromatic carbocycles. The number of carbonyl (C=O) groups excluding carboxylic acids is 1. The Balaban J connectivity index is 0.00000312. The molecular formula is C17H26FIN4O2. The number of carbonyl (C=O) groups is 1. The predicted molar refractivity (Wildman–Crippen MR) is 107 cm³/mol. The molecule has 1 heterocycles. The third kappa shape index (κ3) is 7.05. The molecule has 1 atom stereocenters. The van der Waals surface area contributed by atoms with E-state index >= 15 is 0 Å². The minimum Gasteiger partial charge on any atom is -0.491 e. The zero-order chi connectivity index (χ0) is 17.4. The molecule has 0 bridgehead atoms. The Hall–Kier alpha value is -1.58. The molecule has 2 rings (SSSR count). The van der Waals surface area contributed by atoms with Gasteiger partial charge in [-0.05, 0) is 38.0 Å².